The number of aromatic nitrogens is 2. The fourth-order valence-electron chi connectivity index (χ4n) is 12.8. The number of oxazole rings is 2. The highest BCUT2D eigenvalue weighted by molar-refractivity contribution is 6.16. The first-order valence-electron chi connectivity index (χ1n) is 27.7. The predicted octanol–water partition coefficient (Wildman–Crippen LogP) is 20.1. The number of rotatable bonds is 10. The summed E-state index contributed by atoms with van der Waals surface area (Å²) < 4.78 is 15.3. The van der Waals surface area contributed by atoms with Crippen LogP contribution in [0.1, 0.15) is 44.5 Å². The molecule has 2 heterocycles. The smallest absolute Gasteiger partial charge is 0.227 e. The highest BCUT2D eigenvalue weighted by atomic mass is 16.4. The molecule has 1 aliphatic rings. The maximum Gasteiger partial charge on any atom is 0.227 e. The van der Waals surface area contributed by atoms with Crippen LogP contribution in [-0.2, 0) is 5.41 Å². The standard InChI is InChI=1S/C75H54N4O2/c1-47-39-41-49(3)59(43-47)73-76-69-65(78(55-31-13-7-14-32-55)63-37-21-25-51-23-17-19-35-57(51)63)45-61-67(71(69)80-73)68-62(75(61,53-27-9-5-10-28-53)54-29-11-6-12-30-54)46-66(70-72(68)81-74(77-70)60-44-48(2)40-42-50(60)4)79(56-33-15-8-16-34-56)64-38-22-26-52-24-18-20-36-58(52)64/h5-46H,1-4H3. The van der Waals surface area contributed by atoms with Gasteiger partial charge in [-0.1, -0.05) is 205 Å². The van der Waals surface area contributed by atoms with Crippen molar-refractivity contribution in [3.05, 3.63) is 299 Å². The highest BCUT2D eigenvalue weighted by Crippen LogP contribution is 2.63. The lowest BCUT2D eigenvalue weighted by Crippen LogP contribution is -2.29. The second-order valence-electron chi connectivity index (χ2n) is 21.5. The first-order valence-corrected chi connectivity index (χ1v) is 27.7. The molecule has 15 rings (SSSR count). The topological polar surface area (TPSA) is 58.5 Å². The molecule has 0 saturated carbocycles. The Morgan fingerprint density at radius 3 is 1.14 bits per heavy atom. The lowest BCUT2D eigenvalue weighted by Gasteiger charge is -2.35. The zero-order chi connectivity index (χ0) is 54.3. The average Bonchev–Trinajstić information content (AvgIpc) is 4.44. The molecule has 6 nitrogen and oxygen atoms in total. The van der Waals surface area contributed by atoms with Crippen molar-refractivity contribution < 1.29 is 8.83 Å². The van der Waals surface area contributed by atoms with E-state index in [1.54, 1.807) is 0 Å². The van der Waals surface area contributed by atoms with Gasteiger partial charge in [0.05, 0.1) is 28.2 Å². The van der Waals surface area contributed by atoms with Crippen LogP contribution in [0.3, 0.4) is 0 Å². The van der Waals surface area contributed by atoms with Gasteiger partial charge in [0, 0.05) is 44.4 Å². The molecule has 0 N–H and O–H groups in total. The van der Waals surface area contributed by atoms with Crippen molar-refractivity contribution in [2.75, 3.05) is 9.80 Å². The predicted molar refractivity (Wildman–Crippen MR) is 333 cm³/mol. The number of aryl methyl sites for hydroxylation is 4. The molecule has 81 heavy (non-hydrogen) atoms. The molecular weight excluding hydrogens is 989 g/mol. The van der Waals surface area contributed by atoms with Gasteiger partial charge in [0.15, 0.2) is 11.2 Å². The largest absolute Gasteiger partial charge is 0.435 e. The zero-order valence-corrected chi connectivity index (χ0v) is 45.4. The van der Waals surface area contributed by atoms with E-state index >= 15 is 0 Å². The minimum atomic E-state index is -0.986. The summed E-state index contributed by atoms with van der Waals surface area (Å²) in [5, 5.41) is 4.48. The summed E-state index contributed by atoms with van der Waals surface area (Å²) in [5.74, 6) is 1.08. The number of nitrogens with zero attached hydrogens (tertiary/aromatic N) is 4. The molecule has 0 amide bonds. The van der Waals surface area contributed by atoms with E-state index in [9.17, 15) is 0 Å². The molecule has 0 fully saturated rings. The molecule has 0 atom stereocenters. The van der Waals surface area contributed by atoms with Crippen molar-refractivity contribution in [2.45, 2.75) is 33.1 Å². The van der Waals surface area contributed by atoms with Gasteiger partial charge >= 0.3 is 0 Å². The summed E-state index contributed by atoms with van der Waals surface area (Å²) in [6.45, 7) is 8.52. The third-order valence-electron chi connectivity index (χ3n) is 16.5. The lowest BCUT2D eigenvalue weighted by molar-refractivity contribution is 0.616. The van der Waals surface area contributed by atoms with Crippen LogP contribution in [0.4, 0.5) is 34.1 Å². The molecule has 2 aromatic heterocycles. The maximum absolute atomic E-state index is 7.63. The van der Waals surface area contributed by atoms with E-state index < -0.39 is 5.41 Å². The molecule has 0 bridgehead atoms. The Hall–Kier alpha value is -10.3. The number of para-hydroxylation sites is 2. The van der Waals surface area contributed by atoms with Gasteiger partial charge in [-0.3, -0.25) is 0 Å². The quantitative estimate of drug-likeness (QED) is 0.136. The number of hydrogen-bond acceptors (Lipinski definition) is 6. The molecule has 386 valence electrons. The molecule has 6 heteroatoms. The molecule has 0 saturated heterocycles. The second-order valence-corrected chi connectivity index (χ2v) is 21.5. The van der Waals surface area contributed by atoms with Crippen LogP contribution in [0, 0.1) is 27.7 Å². The first-order chi connectivity index (χ1) is 39.8. The lowest BCUT2D eigenvalue weighted by atomic mass is 9.67. The van der Waals surface area contributed by atoms with E-state index in [1.807, 2.05) is 0 Å². The normalized spacial score (nSPS) is 12.5. The van der Waals surface area contributed by atoms with Gasteiger partial charge in [-0.25, -0.2) is 9.97 Å². The van der Waals surface area contributed by atoms with Crippen LogP contribution in [0.15, 0.2) is 264 Å². The monoisotopic (exact) mass is 1040 g/mol. The minimum absolute atomic E-state index is 0.540. The zero-order valence-electron chi connectivity index (χ0n) is 45.4. The van der Waals surface area contributed by atoms with Crippen molar-refractivity contribution in [1.82, 2.24) is 9.97 Å². The fraction of sp³-hybridized carbons (Fsp3) is 0.0667. The van der Waals surface area contributed by atoms with Gasteiger partial charge in [0.1, 0.15) is 11.0 Å². The van der Waals surface area contributed by atoms with Crippen LogP contribution in [-0.4, -0.2) is 9.97 Å². The van der Waals surface area contributed by atoms with Crippen molar-refractivity contribution in [1.29, 1.82) is 0 Å². The maximum atomic E-state index is 7.63. The van der Waals surface area contributed by atoms with Crippen LogP contribution in [0.25, 0.3) is 77.8 Å². The Balaban J connectivity index is 1.17. The summed E-state index contributed by atoms with van der Waals surface area (Å²) in [7, 11) is 0. The molecule has 1 aliphatic carbocycles. The Morgan fingerprint density at radius 2 is 0.716 bits per heavy atom. The van der Waals surface area contributed by atoms with Crippen LogP contribution in [0.2, 0.25) is 0 Å². The third-order valence-corrected chi connectivity index (χ3v) is 16.5. The second kappa shape index (κ2) is 19.0. The summed E-state index contributed by atoms with van der Waals surface area (Å²) in [6, 6.07) is 91.5. The number of anilines is 6. The summed E-state index contributed by atoms with van der Waals surface area (Å²) in [6.07, 6.45) is 0. The molecule has 0 spiro atoms. The van der Waals surface area contributed by atoms with Crippen molar-refractivity contribution in [3.63, 3.8) is 0 Å². The number of fused-ring (bicyclic) bond motifs is 9. The number of hydrogen-bond donors (Lipinski definition) is 0. The van der Waals surface area contributed by atoms with E-state index in [-0.39, 0.29) is 0 Å². The SMILES string of the molecule is Cc1ccc(C)c(-c2nc3c(N(c4ccccc4)c4cccc5ccccc45)cc4c(c3o2)-c2c(cc(N(c3ccccc3)c3cccc5ccccc35)c3nc(-c5cc(C)ccc5C)oc23)C4(c2ccccc2)c2ccccc2)c1. The molecule has 0 radical (unpaired) electrons. The van der Waals surface area contributed by atoms with E-state index in [1.165, 1.54) is 0 Å². The van der Waals surface area contributed by atoms with Crippen molar-refractivity contribution in [3.8, 4) is 34.0 Å². The number of benzene rings is 12. The Bertz CT molecular complexity index is 4440. The van der Waals surface area contributed by atoms with Crippen molar-refractivity contribution in [2.24, 2.45) is 0 Å². The molecule has 0 unspecified atom stereocenters. The van der Waals surface area contributed by atoms with E-state index in [0.717, 1.165) is 133 Å². The fourth-order valence-corrected chi connectivity index (χ4v) is 12.8. The average molecular weight is 1040 g/mol. The molecule has 0 aliphatic heterocycles. The van der Waals surface area contributed by atoms with Crippen LogP contribution >= 0.6 is 0 Å². The van der Waals surface area contributed by atoms with Gasteiger partial charge in [-0.15, -0.1) is 0 Å². The van der Waals surface area contributed by atoms with Gasteiger partial charge < -0.3 is 18.6 Å². The van der Waals surface area contributed by atoms with Gasteiger partial charge in [0.2, 0.25) is 11.8 Å². The summed E-state index contributed by atoms with van der Waals surface area (Å²) >= 11 is 0. The van der Waals surface area contributed by atoms with E-state index in [4.69, 9.17) is 18.8 Å². The van der Waals surface area contributed by atoms with Gasteiger partial charge in [-0.05, 0) is 133 Å². The Labute approximate surface area is 470 Å². The molecular formula is C75H54N4O2. The third kappa shape index (κ3) is 7.55. The summed E-state index contributed by atoms with van der Waals surface area (Å²) in [4.78, 5) is 16.2. The molecule has 12 aromatic carbocycles. The van der Waals surface area contributed by atoms with Gasteiger partial charge in [-0.2, -0.15) is 0 Å². The highest BCUT2D eigenvalue weighted by Gasteiger charge is 2.51. The van der Waals surface area contributed by atoms with Gasteiger partial charge in [0.25, 0.3) is 0 Å². The molecule has 14 aromatic rings. The van der Waals surface area contributed by atoms with Crippen LogP contribution in [0.5, 0.6) is 0 Å². The van der Waals surface area contributed by atoms with E-state index in [0.29, 0.717) is 22.9 Å². The minimum Gasteiger partial charge on any atom is -0.435 e. The Morgan fingerprint density at radius 1 is 0.346 bits per heavy atom. The van der Waals surface area contributed by atoms with Crippen molar-refractivity contribution >= 4 is 77.9 Å². The van der Waals surface area contributed by atoms with Crippen LogP contribution < -0.4 is 9.80 Å². The first kappa shape index (κ1) is 47.9. The van der Waals surface area contributed by atoms with E-state index in [2.05, 4.69) is 292 Å². The Kier molecular flexibility index (Phi) is 11.2. The summed E-state index contributed by atoms with van der Waals surface area (Å²) in [5.41, 5.74) is 19.8.